The molecule has 1 heterocycles. The van der Waals surface area contributed by atoms with Crippen LogP contribution >= 0.6 is 0 Å². The van der Waals surface area contributed by atoms with Gasteiger partial charge in [-0.3, -0.25) is 4.79 Å². The molecule has 0 saturated carbocycles. The normalized spacial score (nSPS) is 24.7. The predicted octanol–water partition coefficient (Wildman–Crippen LogP) is 2.82. The van der Waals surface area contributed by atoms with Crippen molar-refractivity contribution in [2.75, 3.05) is 0 Å². The molecule has 0 unspecified atom stereocenters. The van der Waals surface area contributed by atoms with Crippen molar-refractivity contribution in [2.45, 2.75) is 58.3 Å². The van der Waals surface area contributed by atoms with E-state index in [4.69, 9.17) is 4.74 Å². The number of hydrogen-bond acceptors (Lipinski definition) is 4. The summed E-state index contributed by atoms with van der Waals surface area (Å²) in [6.07, 6.45) is -0.197. The molecule has 1 aliphatic carbocycles. The lowest BCUT2D eigenvalue weighted by atomic mass is 9.84. The van der Waals surface area contributed by atoms with Crippen molar-refractivity contribution in [1.29, 1.82) is 0 Å². The Labute approximate surface area is 136 Å². The summed E-state index contributed by atoms with van der Waals surface area (Å²) in [6, 6.07) is 7.49. The van der Waals surface area contributed by atoms with Crippen molar-refractivity contribution in [3.05, 3.63) is 35.4 Å². The molecule has 1 aliphatic heterocycles. The number of hydrogen-bond donors (Lipinski definition) is 1. The van der Waals surface area contributed by atoms with E-state index in [9.17, 15) is 14.7 Å². The fourth-order valence-corrected chi connectivity index (χ4v) is 3.26. The molecular weight excluding hydrogens is 294 g/mol. The van der Waals surface area contributed by atoms with Crippen LogP contribution in [0.1, 0.15) is 50.8 Å². The van der Waals surface area contributed by atoms with Gasteiger partial charge in [-0.05, 0) is 29.4 Å². The highest BCUT2D eigenvalue weighted by Gasteiger charge is 2.48. The number of nitrogens with zero attached hydrogens (tertiary/aromatic N) is 1. The molecule has 3 rings (SSSR count). The second-order valence-electron chi connectivity index (χ2n) is 7.45. The molecule has 0 spiro atoms. The number of rotatable bonds is 2. The molecule has 1 fully saturated rings. The number of amides is 2. The maximum atomic E-state index is 12.6. The quantitative estimate of drug-likeness (QED) is 0.911. The monoisotopic (exact) mass is 317 g/mol. The molecule has 1 aromatic rings. The molecule has 124 valence electrons. The molecule has 5 nitrogen and oxygen atoms in total. The predicted molar refractivity (Wildman–Crippen MR) is 84.7 cm³/mol. The minimum Gasteiger partial charge on any atom is -0.443 e. The maximum absolute atomic E-state index is 12.6. The number of ether oxygens (including phenoxy) is 1. The smallest absolute Gasteiger partial charge is 0.417 e. The summed E-state index contributed by atoms with van der Waals surface area (Å²) in [5.41, 5.74) is 1.72. The summed E-state index contributed by atoms with van der Waals surface area (Å²) in [6.45, 7) is 5.60. The zero-order chi connectivity index (χ0) is 16.8. The molecule has 1 saturated heterocycles. The maximum Gasteiger partial charge on any atom is 0.417 e. The first-order valence-electron chi connectivity index (χ1n) is 8.07. The van der Waals surface area contributed by atoms with Crippen LogP contribution in [0.2, 0.25) is 0 Å². The third-order valence-corrected chi connectivity index (χ3v) is 4.79. The van der Waals surface area contributed by atoms with Crippen LogP contribution in [0.5, 0.6) is 0 Å². The van der Waals surface area contributed by atoms with E-state index in [1.807, 2.05) is 45.0 Å². The summed E-state index contributed by atoms with van der Waals surface area (Å²) in [5, 5.41) is 10.2. The largest absolute Gasteiger partial charge is 0.443 e. The lowest BCUT2D eigenvalue weighted by molar-refractivity contribution is -0.133. The first-order valence-corrected chi connectivity index (χ1v) is 8.07. The SMILES string of the molecule is CC(C)(C)[C@H](O)CC(=O)N1C(=O)O[C@H]2CCc3ccccc3[C@@H]21. The van der Waals surface area contributed by atoms with Crippen LogP contribution in [0.25, 0.3) is 0 Å². The zero-order valence-corrected chi connectivity index (χ0v) is 13.8. The number of imide groups is 1. The highest BCUT2D eigenvalue weighted by Crippen LogP contribution is 2.41. The average Bonchev–Trinajstić information content (AvgIpc) is 2.82. The van der Waals surface area contributed by atoms with Gasteiger partial charge in [0, 0.05) is 0 Å². The molecule has 2 amide bonds. The standard InChI is InChI=1S/C18H23NO4/c1-18(2,3)14(20)10-15(21)19-16-12-7-5-4-6-11(12)8-9-13(16)23-17(19)22/h4-7,13-14,16,20H,8-10H2,1-3H3/t13-,14+,16-/m0/s1. The molecule has 3 atom stereocenters. The number of aliphatic hydroxyl groups excluding tert-OH is 1. The van der Waals surface area contributed by atoms with Gasteiger partial charge in [-0.2, -0.15) is 0 Å². The van der Waals surface area contributed by atoms with Crippen LogP contribution in [0.15, 0.2) is 24.3 Å². The molecule has 1 N–H and O–H groups in total. The number of aliphatic hydroxyl groups is 1. The number of carbonyl (C=O) groups excluding carboxylic acids is 2. The van der Waals surface area contributed by atoms with E-state index in [2.05, 4.69) is 0 Å². The van der Waals surface area contributed by atoms with Crippen LogP contribution < -0.4 is 0 Å². The first-order chi connectivity index (χ1) is 10.8. The van der Waals surface area contributed by atoms with Crippen molar-refractivity contribution in [3.63, 3.8) is 0 Å². The van der Waals surface area contributed by atoms with Crippen LogP contribution in [0.4, 0.5) is 4.79 Å². The van der Waals surface area contributed by atoms with Gasteiger partial charge in [0.2, 0.25) is 5.91 Å². The Morgan fingerprint density at radius 1 is 1.39 bits per heavy atom. The van der Waals surface area contributed by atoms with E-state index in [0.717, 1.165) is 24.0 Å². The molecule has 2 aliphatic rings. The van der Waals surface area contributed by atoms with E-state index in [0.29, 0.717) is 0 Å². The van der Waals surface area contributed by atoms with Gasteiger partial charge < -0.3 is 9.84 Å². The van der Waals surface area contributed by atoms with E-state index in [1.165, 1.54) is 4.90 Å². The van der Waals surface area contributed by atoms with E-state index in [-0.39, 0.29) is 24.5 Å². The second-order valence-corrected chi connectivity index (χ2v) is 7.45. The van der Waals surface area contributed by atoms with Crippen molar-refractivity contribution in [3.8, 4) is 0 Å². The van der Waals surface area contributed by atoms with Crippen LogP contribution in [-0.2, 0) is 16.0 Å². The Morgan fingerprint density at radius 3 is 2.78 bits per heavy atom. The van der Waals surface area contributed by atoms with Gasteiger partial charge in [-0.1, -0.05) is 45.0 Å². The summed E-state index contributed by atoms with van der Waals surface area (Å²) in [4.78, 5) is 26.1. The lowest BCUT2D eigenvalue weighted by Crippen LogP contribution is -2.40. The summed E-state index contributed by atoms with van der Waals surface area (Å²) in [7, 11) is 0. The first kappa shape index (κ1) is 16.0. The minimum atomic E-state index is -0.805. The molecule has 0 bridgehead atoms. The molecular formula is C18H23NO4. The Morgan fingerprint density at radius 2 is 2.09 bits per heavy atom. The van der Waals surface area contributed by atoms with Gasteiger partial charge >= 0.3 is 6.09 Å². The Hall–Kier alpha value is -1.88. The average molecular weight is 317 g/mol. The van der Waals surface area contributed by atoms with Crippen LogP contribution in [-0.4, -0.2) is 34.2 Å². The van der Waals surface area contributed by atoms with Crippen molar-refractivity contribution in [2.24, 2.45) is 5.41 Å². The van der Waals surface area contributed by atoms with Gasteiger partial charge in [-0.25, -0.2) is 9.69 Å². The molecule has 5 heteroatoms. The van der Waals surface area contributed by atoms with Crippen molar-refractivity contribution < 1.29 is 19.4 Å². The number of aryl methyl sites for hydroxylation is 1. The fourth-order valence-electron chi connectivity index (χ4n) is 3.26. The number of fused-ring (bicyclic) bond motifs is 3. The Kier molecular flexibility index (Phi) is 3.92. The van der Waals surface area contributed by atoms with E-state index in [1.54, 1.807) is 0 Å². The highest BCUT2D eigenvalue weighted by molar-refractivity contribution is 5.94. The van der Waals surface area contributed by atoms with Crippen molar-refractivity contribution in [1.82, 2.24) is 4.90 Å². The van der Waals surface area contributed by atoms with Gasteiger partial charge in [0.1, 0.15) is 12.1 Å². The van der Waals surface area contributed by atoms with Crippen LogP contribution in [0.3, 0.4) is 0 Å². The second kappa shape index (κ2) is 5.64. The number of carbonyl (C=O) groups is 2. The van der Waals surface area contributed by atoms with Gasteiger partial charge in [0.05, 0.1) is 12.5 Å². The van der Waals surface area contributed by atoms with Crippen molar-refractivity contribution >= 4 is 12.0 Å². The third kappa shape index (κ3) is 2.85. The zero-order valence-electron chi connectivity index (χ0n) is 13.8. The van der Waals surface area contributed by atoms with E-state index < -0.39 is 17.6 Å². The van der Waals surface area contributed by atoms with Gasteiger partial charge in [-0.15, -0.1) is 0 Å². The molecule has 0 radical (unpaired) electrons. The Balaban J connectivity index is 1.88. The van der Waals surface area contributed by atoms with E-state index >= 15 is 0 Å². The van der Waals surface area contributed by atoms with Crippen LogP contribution in [0, 0.1) is 5.41 Å². The molecule has 0 aromatic heterocycles. The number of benzene rings is 1. The summed E-state index contributed by atoms with van der Waals surface area (Å²) in [5.74, 6) is -0.373. The molecule has 23 heavy (non-hydrogen) atoms. The fraction of sp³-hybridized carbons (Fsp3) is 0.556. The third-order valence-electron chi connectivity index (χ3n) is 4.79. The summed E-state index contributed by atoms with van der Waals surface area (Å²) >= 11 is 0. The summed E-state index contributed by atoms with van der Waals surface area (Å²) < 4.78 is 5.41. The van der Waals surface area contributed by atoms with Gasteiger partial charge in [0.15, 0.2) is 0 Å². The minimum absolute atomic E-state index is 0.0794. The highest BCUT2D eigenvalue weighted by atomic mass is 16.6. The van der Waals surface area contributed by atoms with Gasteiger partial charge in [0.25, 0.3) is 0 Å². The topological polar surface area (TPSA) is 66.8 Å². The Bertz CT molecular complexity index is 634. The lowest BCUT2D eigenvalue weighted by Gasteiger charge is -2.31. The molecule has 1 aromatic carbocycles.